The second-order valence-electron chi connectivity index (χ2n) is 7.02. The summed E-state index contributed by atoms with van der Waals surface area (Å²) >= 11 is 1.20. The number of benzene rings is 1. The molecule has 4 rings (SSSR count). The standard InChI is InChI=1S/C20H21N5O3S2/c1-14-8-9-15(30(27,28)25-11-5-2-6-12-25)13-16(14)18(26)22-20-24-23-19(29-20)17-7-3-4-10-21-17/h3-4,7-10,13H,2,5-6,11-12H2,1H3,(H,22,24,26). The lowest BCUT2D eigenvalue weighted by Crippen LogP contribution is -2.35. The van der Waals surface area contributed by atoms with Crippen LogP contribution in [0.4, 0.5) is 5.13 Å². The summed E-state index contributed by atoms with van der Waals surface area (Å²) in [6.45, 7) is 2.79. The fraction of sp³-hybridized carbons (Fsp3) is 0.300. The third-order valence-electron chi connectivity index (χ3n) is 4.94. The zero-order chi connectivity index (χ0) is 21.1. The topological polar surface area (TPSA) is 105 Å². The number of nitrogens with one attached hydrogen (secondary N) is 1. The zero-order valence-electron chi connectivity index (χ0n) is 16.4. The molecule has 1 N–H and O–H groups in total. The second-order valence-corrected chi connectivity index (χ2v) is 9.94. The predicted molar refractivity (Wildman–Crippen MR) is 115 cm³/mol. The van der Waals surface area contributed by atoms with Gasteiger partial charge in [0.05, 0.1) is 4.90 Å². The first kappa shape index (κ1) is 20.6. The molecule has 1 amide bonds. The maximum absolute atomic E-state index is 13.0. The van der Waals surface area contributed by atoms with Crippen LogP contribution in [-0.2, 0) is 10.0 Å². The molecule has 1 aliphatic heterocycles. The molecule has 0 atom stereocenters. The number of carbonyl (C=O) groups is 1. The molecular formula is C20H21N5O3S2. The Morgan fingerprint density at radius 1 is 1.10 bits per heavy atom. The van der Waals surface area contributed by atoms with E-state index in [2.05, 4.69) is 20.5 Å². The number of carbonyl (C=O) groups excluding carboxylic acids is 1. The van der Waals surface area contributed by atoms with Crippen molar-refractivity contribution in [3.8, 4) is 10.7 Å². The minimum Gasteiger partial charge on any atom is -0.296 e. The number of hydrogen-bond acceptors (Lipinski definition) is 7. The van der Waals surface area contributed by atoms with Gasteiger partial charge in [-0.25, -0.2) is 8.42 Å². The molecule has 1 aliphatic rings. The number of pyridine rings is 1. The summed E-state index contributed by atoms with van der Waals surface area (Å²) < 4.78 is 27.4. The monoisotopic (exact) mass is 443 g/mol. The van der Waals surface area contributed by atoms with Crippen LogP contribution in [0.3, 0.4) is 0 Å². The lowest BCUT2D eigenvalue weighted by Gasteiger charge is -2.26. The summed E-state index contributed by atoms with van der Waals surface area (Å²) in [5.41, 5.74) is 1.64. The van der Waals surface area contributed by atoms with Gasteiger partial charge in [0.15, 0.2) is 5.01 Å². The normalized spacial score (nSPS) is 15.1. The van der Waals surface area contributed by atoms with Crippen molar-refractivity contribution in [1.82, 2.24) is 19.5 Å². The third-order valence-corrected chi connectivity index (χ3v) is 7.69. The van der Waals surface area contributed by atoms with Crippen molar-refractivity contribution in [3.63, 3.8) is 0 Å². The number of anilines is 1. The fourth-order valence-corrected chi connectivity index (χ4v) is 5.55. The van der Waals surface area contributed by atoms with Gasteiger partial charge in [0, 0.05) is 24.8 Å². The molecule has 8 nitrogen and oxygen atoms in total. The first-order valence-corrected chi connectivity index (χ1v) is 11.9. The summed E-state index contributed by atoms with van der Waals surface area (Å²) in [6.07, 6.45) is 4.41. The molecular weight excluding hydrogens is 422 g/mol. The van der Waals surface area contributed by atoms with Gasteiger partial charge >= 0.3 is 0 Å². The van der Waals surface area contributed by atoms with Crippen molar-refractivity contribution < 1.29 is 13.2 Å². The highest BCUT2D eigenvalue weighted by Crippen LogP contribution is 2.26. The first-order chi connectivity index (χ1) is 14.4. The molecule has 0 radical (unpaired) electrons. The molecule has 1 fully saturated rings. The Hall–Kier alpha value is -2.69. The van der Waals surface area contributed by atoms with E-state index < -0.39 is 15.9 Å². The number of amides is 1. The minimum absolute atomic E-state index is 0.131. The maximum Gasteiger partial charge on any atom is 0.257 e. The van der Waals surface area contributed by atoms with E-state index in [4.69, 9.17) is 0 Å². The maximum atomic E-state index is 13.0. The van der Waals surface area contributed by atoms with Gasteiger partial charge in [-0.1, -0.05) is 29.9 Å². The molecule has 3 heterocycles. The number of nitrogens with zero attached hydrogens (tertiary/aromatic N) is 4. The van der Waals surface area contributed by atoms with Crippen molar-refractivity contribution in [1.29, 1.82) is 0 Å². The van der Waals surface area contributed by atoms with Crippen LogP contribution in [0.25, 0.3) is 10.7 Å². The number of hydrogen-bond donors (Lipinski definition) is 1. The molecule has 0 unspecified atom stereocenters. The van der Waals surface area contributed by atoms with Gasteiger partial charge in [-0.05, 0) is 49.6 Å². The van der Waals surface area contributed by atoms with E-state index in [1.807, 2.05) is 12.1 Å². The second kappa shape index (κ2) is 8.58. The van der Waals surface area contributed by atoms with Crippen LogP contribution < -0.4 is 5.32 Å². The van der Waals surface area contributed by atoms with E-state index in [1.165, 1.54) is 21.7 Å². The van der Waals surface area contributed by atoms with E-state index in [1.54, 1.807) is 31.3 Å². The van der Waals surface area contributed by atoms with E-state index in [-0.39, 0.29) is 4.90 Å². The zero-order valence-corrected chi connectivity index (χ0v) is 18.0. The van der Waals surface area contributed by atoms with E-state index in [0.29, 0.717) is 40.0 Å². The van der Waals surface area contributed by atoms with Gasteiger partial charge in [-0.2, -0.15) is 4.31 Å². The number of aryl methyl sites for hydroxylation is 1. The fourth-order valence-electron chi connectivity index (χ4n) is 3.29. The molecule has 1 saturated heterocycles. The summed E-state index contributed by atoms with van der Waals surface area (Å²) in [7, 11) is -3.62. The summed E-state index contributed by atoms with van der Waals surface area (Å²) in [6, 6.07) is 10.1. The summed E-state index contributed by atoms with van der Waals surface area (Å²) in [4.78, 5) is 17.2. The van der Waals surface area contributed by atoms with Gasteiger partial charge in [0.1, 0.15) is 5.69 Å². The Kier molecular flexibility index (Phi) is 5.89. The number of piperidine rings is 1. The molecule has 0 aliphatic carbocycles. The Balaban J connectivity index is 1.56. The van der Waals surface area contributed by atoms with Crippen molar-refractivity contribution >= 4 is 32.4 Å². The Labute approximate surface area is 179 Å². The van der Waals surface area contributed by atoms with Crippen LogP contribution in [0, 0.1) is 6.92 Å². The highest BCUT2D eigenvalue weighted by molar-refractivity contribution is 7.89. The molecule has 1 aromatic carbocycles. The highest BCUT2D eigenvalue weighted by Gasteiger charge is 2.27. The van der Waals surface area contributed by atoms with Gasteiger partial charge in [0.2, 0.25) is 15.2 Å². The van der Waals surface area contributed by atoms with Crippen LogP contribution in [0.2, 0.25) is 0 Å². The van der Waals surface area contributed by atoms with Crippen molar-refractivity contribution in [2.75, 3.05) is 18.4 Å². The SMILES string of the molecule is Cc1ccc(S(=O)(=O)N2CCCCC2)cc1C(=O)Nc1nnc(-c2ccccn2)s1. The average Bonchev–Trinajstić information content (AvgIpc) is 3.23. The molecule has 156 valence electrons. The van der Waals surface area contributed by atoms with Crippen LogP contribution in [0.1, 0.15) is 35.2 Å². The predicted octanol–water partition coefficient (Wildman–Crippen LogP) is 3.34. The average molecular weight is 444 g/mol. The Morgan fingerprint density at radius 3 is 2.63 bits per heavy atom. The summed E-state index contributed by atoms with van der Waals surface area (Å²) in [5.74, 6) is -0.424. The van der Waals surface area contributed by atoms with Crippen LogP contribution in [-0.4, -0.2) is 46.9 Å². The summed E-state index contributed by atoms with van der Waals surface area (Å²) in [5, 5.41) is 11.7. The number of aromatic nitrogens is 3. The smallest absolute Gasteiger partial charge is 0.257 e. The molecule has 0 spiro atoms. The Morgan fingerprint density at radius 2 is 1.90 bits per heavy atom. The van der Waals surface area contributed by atoms with Crippen molar-refractivity contribution in [2.45, 2.75) is 31.1 Å². The molecule has 0 saturated carbocycles. The third kappa shape index (κ3) is 4.25. The minimum atomic E-state index is -3.62. The molecule has 0 bridgehead atoms. The van der Waals surface area contributed by atoms with Crippen LogP contribution >= 0.6 is 11.3 Å². The van der Waals surface area contributed by atoms with Crippen molar-refractivity contribution in [3.05, 3.63) is 53.7 Å². The largest absolute Gasteiger partial charge is 0.296 e. The highest BCUT2D eigenvalue weighted by atomic mass is 32.2. The van der Waals surface area contributed by atoms with Gasteiger partial charge in [0.25, 0.3) is 5.91 Å². The lowest BCUT2D eigenvalue weighted by molar-refractivity contribution is 0.102. The van der Waals surface area contributed by atoms with Crippen molar-refractivity contribution in [2.24, 2.45) is 0 Å². The molecule has 3 aromatic rings. The number of rotatable bonds is 5. The lowest BCUT2D eigenvalue weighted by atomic mass is 10.1. The molecule has 10 heteroatoms. The first-order valence-electron chi connectivity index (χ1n) is 9.62. The number of sulfonamides is 1. The quantitative estimate of drug-likeness (QED) is 0.648. The van der Waals surface area contributed by atoms with E-state index >= 15 is 0 Å². The Bertz CT molecular complexity index is 1160. The van der Waals surface area contributed by atoms with Crippen LogP contribution in [0.5, 0.6) is 0 Å². The van der Waals surface area contributed by atoms with Gasteiger partial charge in [-0.3, -0.25) is 15.1 Å². The van der Waals surface area contributed by atoms with Gasteiger partial charge < -0.3 is 0 Å². The molecule has 2 aromatic heterocycles. The van der Waals surface area contributed by atoms with Gasteiger partial charge in [-0.15, -0.1) is 10.2 Å². The van der Waals surface area contributed by atoms with Crippen LogP contribution in [0.15, 0.2) is 47.5 Å². The van der Waals surface area contributed by atoms with E-state index in [9.17, 15) is 13.2 Å². The van der Waals surface area contributed by atoms with E-state index in [0.717, 1.165) is 19.3 Å². The molecule has 30 heavy (non-hydrogen) atoms.